The van der Waals surface area contributed by atoms with E-state index in [1.807, 2.05) is 6.07 Å². The van der Waals surface area contributed by atoms with Gasteiger partial charge in [-0.15, -0.1) is 0 Å². The standard InChI is InChI=1S/C14H17ClN/c1-3-4-8-16-9-7-11(2)13-10-12(15)5-6-14(13)16/h5-7,9-10H,3-4,8H2,1-2H3/q+1. The molecule has 1 nitrogen and oxygen atoms in total. The third kappa shape index (κ3) is 2.19. The predicted octanol–water partition coefficient (Wildman–Crippen LogP) is 3.89. The van der Waals surface area contributed by atoms with E-state index in [9.17, 15) is 0 Å². The van der Waals surface area contributed by atoms with Crippen LogP contribution in [0.3, 0.4) is 0 Å². The second kappa shape index (κ2) is 4.84. The van der Waals surface area contributed by atoms with Gasteiger partial charge in [-0.05, 0) is 24.6 Å². The molecule has 0 N–H and O–H groups in total. The molecule has 0 atom stereocenters. The summed E-state index contributed by atoms with van der Waals surface area (Å²) in [4.78, 5) is 0. The number of halogens is 1. The first-order valence-corrected chi connectivity index (χ1v) is 6.18. The fourth-order valence-corrected chi connectivity index (χ4v) is 2.14. The van der Waals surface area contributed by atoms with Crippen molar-refractivity contribution in [1.29, 1.82) is 0 Å². The van der Waals surface area contributed by atoms with E-state index >= 15 is 0 Å². The van der Waals surface area contributed by atoms with Crippen LogP contribution in [0.1, 0.15) is 25.3 Å². The summed E-state index contributed by atoms with van der Waals surface area (Å²) in [6.07, 6.45) is 4.60. The fraction of sp³-hybridized carbons (Fsp3) is 0.357. The van der Waals surface area contributed by atoms with Gasteiger partial charge in [-0.2, -0.15) is 4.57 Å². The first-order valence-electron chi connectivity index (χ1n) is 5.80. The van der Waals surface area contributed by atoms with Crippen LogP contribution in [-0.4, -0.2) is 0 Å². The molecule has 0 aliphatic carbocycles. The Labute approximate surface area is 102 Å². The molecule has 0 unspecified atom stereocenters. The number of fused-ring (bicyclic) bond motifs is 1. The van der Waals surface area contributed by atoms with Crippen LogP contribution in [0, 0.1) is 6.92 Å². The number of hydrogen-bond donors (Lipinski definition) is 0. The Balaban J connectivity index is 2.55. The summed E-state index contributed by atoms with van der Waals surface area (Å²) in [5.41, 5.74) is 2.56. The van der Waals surface area contributed by atoms with Crippen LogP contribution in [0.5, 0.6) is 0 Å². The molecule has 0 aliphatic rings. The van der Waals surface area contributed by atoms with Crippen LogP contribution in [0.25, 0.3) is 10.9 Å². The zero-order valence-corrected chi connectivity index (χ0v) is 10.6. The summed E-state index contributed by atoms with van der Waals surface area (Å²) in [7, 11) is 0. The van der Waals surface area contributed by atoms with Crippen molar-refractivity contribution < 1.29 is 4.57 Å². The van der Waals surface area contributed by atoms with Crippen molar-refractivity contribution >= 4 is 22.5 Å². The summed E-state index contributed by atoms with van der Waals surface area (Å²) >= 11 is 6.04. The Bertz CT molecular complexity index is 505. The average molecular weight is 235 g/mol. The van der Waals surface area contributed by atoms with E-state index < -0.39 is 0 Å². The predicted molar refractivity (Wildman–Crippen MR) is 68.8 cm³/mol. The molecule has 0 spiro atoms. The number of aryl methyl sites for hydroxylation is 2. The van der Waals surface area contributed by atoms with Crippen molar-refractivity contribution in [2.24, 2.45) is 0 Å². The highest BCUT2D eigenvalue weighted by molar-refractivity contribution is 6.31. The minimum atomic E-state index is 0.809. The Morgan fingerprint density at radius 2 is 2.06 bits per heavy atom. The lowest BCUT2D eigenvalue weighted by Gasteiger charge is -2.03. The van der Waals surface area contributed by atoms with Gasteiger partial charge in [-0.1, -0.05) is 24.9 Å². The highest BCUT2D eigenvalue weighted by Crippen LogP contribution is 2.19. The van der Waals surface area contributed by atoms with Gasteiger partial charge < -0.3 is 0 Å². The maximum Gasteiger partial charge on any atom is 0.212 e. The SMILES string of the molecule is CCCC[n+]1ccc(C)c2cc(Cl)ccc21. The van der Waals surface area contributed by atoms with Crippen molar-refractivity contribution in [3.63, 3.8) is 0 Å². The minimum absolute atomic E-state index is 0.809. The van der Waals surface area contributed by atoms with Crippen molar-refractivity contribution in [3.8, 4) is 0 Å². The highest BCUT2D eigenvalue weighted by atomic mass is 35.5. The Morgan fingerprint density at radius 3 is 2.81 bits per heavy atom. The molecule has 1 aromatic carbocycles. The van der Waals surface area contributed by atoms with Crippen molar-refractivity contribution in [2.45, 2.75) is 33.2 Å². The number of hydrogen-bond acceptors (Lipinski definition) is 0. The Kier molecular flexibility index (Phi) is 3.45. The van der Waals surface area contributed by atoms with Gasteiger partial charge in [0.05, 0.1) is 5.39 Å². The summed E-state index contributed by atoms with van der Waals surface area (Å²) in [5, 5.41) is 2.06. The van der Waals surface area contributed by atoms with E-state index in [2.05, 4.69) is 42.8 Å². The molecule has 1 heterocycles. The number of benzene rings is 1. The molecule has 0 radical (unpaired) electrons. The molecule has 2 rings (SSSR count). The Hall–Kier alpha value is -1.08. The second-order valence-electron chi connectivity index (χ2n) is 4.21. The molecule has 1 aromatic heterocycles. The average Bonchev–Trinajstić information content (AvgIpc) is 2.29. The van der Waals surface area contributed by atoms with E-state index in [1.165, 1.54) is 29.3 Å². The molecule has 0 fully saturated rings. The number of unbranched alkanes of at least 4 members (excludes halogenated alkanes) is 1. The van der Waals surface area contributed by atoms with Crippen molar-refractivity contribution in [2.75, 3.05) is 0 Å². The molecule has 2 aromatic rings. The van der Waals surface area contributed by atoms with Gasteiger partial charge in [-0.3, -0.25) is 0 Å². The summed E-state index contributed by atoms with van der Waals surface area (Å²) in [6.45, 7) is 5.42. The maximum atomic E-state index is 6.04. The van der Waals surface area contributed by atoms with Crippen LogP contribution >= 0.6 is 11.6 Å². The molecule has 2 heteroatoms. The lowest BCUT2D eigenvalue weighted by Crippen LogP contribution is -2.34. The van der Waals surface area contributed by atoms with Gasteiger partial charge in [0.25, 0.3) is 0 Å². The first-order chi connectivity index (χ1) is 7.72. The van der Waals surface area contributed by atoms with Gasteiger partial charge in [-0.25, -0.2) is 0 Å². The zero-order chi connectivity index (χ0) is 11.5. The number of rotatable bonds is 3. The van der Waals surface area contributed by atoms with Crippen molar-refractivity contribution in [1.82, 2.24) is 0 Å². The quantitative estimate of drug-likeness (QED) is 0.710. The lowest BCUT2D eigenvalue weighted by atomic mass is 10.1. The molecule has 0 saturated carbocycles. The number of aromatic nitrogens is 1. The van der Waals surface area contributed by atoms with E-state index in [-0.39, 0.29) is 0 Å². The monoisotopic (exact) mass is 234 g/mol. The van der Waals surface area contributed by atoms with Gasteiger partial charge >= 0.3 is 0 Å². The van der Waals surface area contributed by atoms with Gasteiger partial charge in [0.2, 0.25) is 5.52 Å². The van der Waals surface area contributed by atoms with Crippen LogP contribution in [0.2, 0.25) is 5.02 Å². The van der Waals surface area contributed by atoms with Gasteiger partial charge in [0.15, 0.2) is 6.20 Å². The normalized spacial score (nSPS) is 10.9. The summed E-state index contributed by atoms with van der Waals surface area (Å²) < 4.78 is 2.31. The molecule has 0 amide bonds. The molecule has 16 heavy (non-hydrogen) atoms. The number of pyridine rings is 1. The van der Waals surface area contributed by atoms with Gasteiger partial charge in [0, 0.05) is 23.6 Å². The fourth-order valence-electron chi connectivity index (χ4n) is 1.97. The third-order valence-corrected chi connectivity index (χ3v) is 3.19. The second-order valence-corrected chi connectivity index (χ2v) is 4.64. The van der Waals surface area contributed by atoms with Gasteiger partial charge in [0.1, 0.15) is 6.54 Å². The molecule has 0 saturated heterocycles. The number of nitrogens with zero attached hydrogens (tertiary/aromatic N) is 1. The summed E-state index contributed by atoms with van der Waals surface area (Å²) in [5.74, 6) is 0. The Morgan fingerprint density at radius 1 is 1.25 bits per heavy atom. The molecular weight excluding hydrogens is 218 g/mol. The highest BCUT2D eigenvalue weighted by Gasteiger charge is 2.10. The van der Waals surface area contributed by atoms with E-state index in [4.69, 9.17) is 11.6 Å². The van der Waals surface area contributed by atoms with Crippen LogP contribution in [0.15, 0.2) is 30.5 Å². The zero-order valence-electron chi connectivity index (χ0n) is 9.83. The van der Waals surface area contributed by atoms with Crippen LogP contribution < -0.4 is 4.57 Å². The molecule has 84 valence electrons. The van der Waals surface area contributed by atoms with Crippen LogP contribution in [0.4, 0.5) is 0 Å². The molecule has 0 bridgehead atoms. The minimum Gasteiger partial charge on any atom is -0.198 e. The largest absolute Gasteiger partial charge is 0.212 e. The maximum absolute atomic E-state index is 6.04. The smallest absolute Gasteiger partial charge is 0.198 e. The van der Waals surface area contributed by atoms with Crippen LogP contribution in [-0.2, 0) is 6.54 Å². The topological polar surface area (TPSA) is 3.88 Å². The third-order valence-electron chi connectivity index (χ3n) is 2.95. The van der Waals surface area contributed by atoms with Crippen molar-refractivity contribution in [3.05, 3.63) is 41.0 Å². The van der Waals surface area contributed by atoms with E-state index in [0.29, 0.717) is 0 Å². The molecular formula is C14H17ClN+. The van der Waals surface area contributed by atoms with E-state index in [0.717, 1.165) is 11.6 Å². The lowest BCUT2D eigenvalue weighted by molar-refractivity contribution is -0.671. The summed E-state index contributed by atoms with van der Waals surface area (Å²) in [6, 6.07) is 8.29. The first kappa shape index (κ1) is 11.4. The molecule has 0 aliphatic heterocycles. The van der Waals surface area contributed by atoms with E-state index in [1.54, 1.807) is 0 Å².